The van der Waals surface area contributed by atoms with Gasteiger partial charge in [0.05, 0.1) is 12.8 Å². The van der Waals surface area contributed by atoms with E-state index in [1.165, 1.54) is 0 Å². The van der Waals surface area contributed by atoms with E-state index in [2.05, 4.69) is 31.4 Å². The smallest absolute Gasteiger partial charge is 0.271 e. The lowest BCUT2D eigenvalue weighted by atomic mass is 10.2. The van der Waals surface area contributed by atoms with Crippen molar-refractivity contribution in [2.24, 2.45) is 5.10 Å². The highest BCUT2D eigenvalue weighted by Crippen LogP contribution is 2.21. The summed E-state index contributed by atoms with van der Waals surface area (Å²) in [6.07, 6.45) is 4.43. The lowest BCUT2D eigenvalue weighted by molar-refractivity contribution is 0.0955. The molecule has 2 N–H and O–H groups in total. The van der Waals surface area contributed by atoms with Crippen LogP contribution in [-0.4, -0.2) is 23.7 Å². The van der Waals surface area contributed by atoms with Crippen molar-refractivity contribution >= 4 is 39.0 Å². The van der Waals surface area contributed by atoms with Crippen molar-refractivity contribution in [2.45, 2.75) is 13.3 Å². The van der Waals surface area contributed by atoms with Crippen molar-refractivity contribution in [3.8, 4) is 5.75 Å². The van der Waals surface area contributed by atoms with Gasteiger partial charge in [-0.05, 0) is 48.9 Å². The van der Waals surface area contributed by atoms with Gasteiger partial charge in [0.15, 0.2) is 0 Å². The largest absolute Gasteiger partial charge is 0.494 e. The molecule has 3 rings (SSSR count). The van der Waals surface area contributed by atoms with Gasteiger partial charge < -0.3 is 9.72 Å². The number of nitrogens with one attached hydrogen (secondary N) is 2. The van der Waals surface area contributed by atoms with Crippen molar-refractivity contribution < 1.29 is 9.53 Å². The molecule has 128 valence electrons. The molecule has 0 unspecified atom stereocenters. The van der Waals surface area contributed by atoms with Crippen LogP contribution in [0.1, 0.15) is 29.3 Å². The third-order valence-electron chi connectivity index (χ3n) is 3.63. The number of carbonyl (C=O) groups is 1. The molecule has 0 saturated heterocycles. The number of hydrogen-bond donors (Lipinski definition) is 2. The highest BCUT2D eigenvalue weighted by Gasteiger charge is 2.05. The van der Waals surface area contributed by atoms with Gasteiger partial charge in [-0.3, -0.25) is 4.79 Å². The fraction of sp³-hybridized carbons (Fsp3) is 0.158. The molecule has 1 amide bonds. The Labute approximate surface area is 154 Å². The topological polar surface area (TPSA) is 66.5 Å². The fourth-order valence-corrected chi connectivity index (χ4v) is 2.73. The summed E-state index contributed by atoms with van der Waals surface area (Å²) in [4.78, 5) is 15.3. The van der Waals surface area contributed by atoms with E-state index in [1.807, 2.05) is 31.3 Å². The van der Waals surface area contributed by atoms with Gasteiger partial charge in [0.25, 0.3) is 5.91 Å². The van der Waals surface area contributed by atoms with E-state index in [0.717, 1.165) is 33.1 Å². The second kappa shape index (κ2) is 7.98. The third-order valence-corrected chi connectivity index (χ3v) is 4.13. The van der Waals surface area contributed by atoms with Gasteiger partial charge in [0.1, 0.15) is 5.75 Å². The zero-order valence-electron chi connectivity index (χ0n) is 13.8. The number of hydrogen-bond acceptors (Lipinski definition) is 3. The second-order valence-electron chi connectivity index (χ2n) is 5.51. The summed E-state index contributed by atoms with van der Waals surface area (Å²) in [7, 11) is 0. The van der Waals surface area contributed by atoms with E-state index in [-0.39, 0.29) is 5.91 Å². The number of nitrogens with zero attached hydrogens (tertiary/aromatic N) is 1. The normalized spacial score (nSPS) is 11.1. The maximum atomic E-state index is 12.1. The summed E-state index contributed by atoms with van der Waals surface area (Å²) in [6.45, 7) is 2.71. The number of ether oxygens (including phenoxy) is 1. The van der Waals surface area contributed by atoms with Crippen LogP contribution in [0.2, 0.25) is 0 Å². The molecule has 0 radical (unpaired) electrons. The fourth-order valence-electron chi connectivity index (χ4n) is 2.37. The SMILES string of the molecule is CCCOc1ccc(C(=O)N/N=C/c2c[nH]c3ccc(Br)cc23)cc1. The van der Waals surface area contributed by atoms with Gasteiger partial charge in [-0.2, -0.15) is 5.10 Å². The number of rotatable bonds is 6. The third kappa shape index (κ3) is 4.28. The van der Waals surface area contributed by atoms with Crippen molar-refractivity contribution in [1.29, 1.82) is 0 Å². The predicted octanol–water partition coefficient (Wildman–Crippen LogP) is 4.48. The van der Waals surface area contributed by atoms with E-state index in [9.17, 15) is 4.79 Å². The number of benzene rings is 2. The van der Waals surface area contributed by atoms with Gasteiger partial charge in [0, 0.05) is 32.7 Å². The Morgan fingerprint density at radius 1 is 1.28 bits per heavy atom. The molecule has 0 spiro atoms. The maximum absolute atomic E-state index is 12.1. The van der Waals surface area contributed by atoms with Crippen LogP contribution < -0.4 is 10.2 Å². The highest BCUT2D eigenvalue weighted by molar-refractivity contribution is 9.10. The number of amides is 1. The standard InChI is InChI=1S/C19H18BrN3O2/c1-2-9-25-16-6-3-13(4-7-16)19(24)23-22-12-14-11-21-18-8-5-15(20)10-17(14)18/h3-8,10-12,21H,2,9H2,1H3,(H,23,24)/b22-12+. The maximum Gasteiger partial charge on any atom is 0.271 e. The van der Waals surface area contributed by atoms with Gasteiger partial charge >= 0.3 is 0 Å². The Morgan fingerprint density at radius 2 is 2.08 bits per heavy atom. The van der Waals surface area contributed by atoms with Gasteiger partial charge in [-0.25, -0.2) is 5.43 Å². The first kappa shape index (κ1) is 17.2. The van der Waals surface area contributed by atoms with Crippen molar-refractivity contribution in [2.75, 3.05) is 6.61 Å². The van der Waals surface area contributed by atoms with Crippen LogP contribution in [0.4, 0.5) is 0 Å². The van der Waals surface area contributed by atoms with Crippen molar-refractivity contribution in [1.82, 2.24) is 10.4 Å². The van der Waals surface area contributed by atoms with Crippen molar-refractivity contribution in [3.05, 3.63) is 64.3 Å². The molecular weight excluding hydrogens is 382 g/mol. The number of carbonyl (C=O) groups excluding carboxylic acids is 1. The second-order valence-corrected chi connectivity index (χ2v) is 6.42. The number of halogens is 1. The Morgan fingerprint density at radius 3 is 2.84 bits per heavy atom. The molecule has 0 atom stereocenters. The summed E-state index contributed by atoms with van der Waals surface area (Å²) in [5.41, 5.74) is 4.99. The first-order valence-electron chi connectivity index (χ1n) is 8.00. The van der Waals surface area contributed by atoms with Gasteiger partial charge in [-0.15, -0.1) is 0 Å². The van der Waals surface area contributed by atoms with E-state index in [4.69, 9.17) is 4.74 Å². The molecule has 0 aliphatic rings. The van der Waals surface area contributed by atoms with Crippen LogP contribution in [0.25, 0.3) is 10.9 Å². The predicted molar refractivity (Wildman–Crippen MR) is 103 cm³/mol. The van der Waals surface area contributed by atoms with E-state index in [0.29, 0.717) is 12.2 Å². The lowest BCUT2D eigenvalue weighted by Gasteiger charge is -2.05. The molecule has 3 aromatic rings. The Bertz CT molecular complexity index is 901. The van der Waals surface area contributed by atoms with Gasteiger partial charge in [0.2, 0.25) is 0 Å². The number of hydrazone groups is 1. The summed E-state index contributed by atoms with van der Waals surface area (Å²) in [5.74, 6) is 0.491. The van der Waals surface area contributed by atoms with Crippen LogP contribution in [-0.2, 0) is 0 Å². The van der Waals surface area contributed by atoms with E-state index in [1.54, 1.807) is 30.5 Å². The molecule has 1 heterocycles. The molecule has 1 aromatic heterocycles. The first-order chi connectivity index (χ1) is 12.2. The average molecular weight is 400 g/mol. The molecule has 6 heteroatoms. The minimum Gasteiger partial charge on any atom is -0.494 e. The minimum absolute atomic E-state index is 0.265. The Kier molecular flexibility index (Phi) is 5.50. The monoisotopic (exact) mass is 399 g/mol. The Balaban J connectivity index is 1.64. The van der Waals surface area contributed by atoms with Crippen LogP contribution in [0, 0.1) is 0 Å². The number of aromatic amines is 1. The summed E-state index contributed by atoms with van der Waals surface area (Å²) >= 11 is 3.46. The zero-order valence-corrected chi connectivity index (χ0v) is 15.3. The number of H-pyrrole nitrogens is 1. The molecule has 5 nitrogen and oxygen atoms in total. The molecule has 0 saturated carbocycles. The van der Waals surface area contributed by atoms with E-state index < -0.39 is 0 Å². The quantitative estimate of drug-likeness (QED) is 0.473. The van der Waals surface area contributed by atoms with Gasteiger partial charge in [-0.1, -0.05) is 22.9 Å². The number of fused-ring (bicyclic) bond motifs is 1. The molecule has 25 heavy (non-hydrogen) atoms. The molecule has 2 aromatic carbocycles. The highest BCUT2D eigenvalue weighted by atomic mass is 79.9. The van der Waals surface area contributed by atoms with Crippen LogP contribution >= 0.6 is 15.9 Å². The molecule has 0 fully saturated rings. The number of aromatic nitrogens is 1. The van der Waals surface area contributed by atoms with Crippen LogP contribution in [0.5, 0.6) is 5.75 Å². The molecule has 0 aliphatic carbocycles. The Hall–Kier alpha value is -2.60. The lowest BCUT2D eigenvalue weighted by Crippen LogP contribution is -2.17. The van der Waals surface area contributed by atoms with Crippen LogP contribution in [0.15, 0.2) is 58.2 Å². The molecule has 0 aliphatic heterocycles. The average Bonchev–Trinajstić information content (AvgIpc) is 3.02. The van der Waals surface area contributed by atoms with E-state index >= 15 is 0 Å². The van der Waals surface area contributed by atoms with Crippen LogP contribution in [0.3, 0.4) is 0 Å². The first-order valence-corrected chi connectivity index (χ1v) is 8.79. The molecular formula is C19H18BrN3O2. The minimum atomic E-state index is -0.265. The summed E-state index contributed by atoms with van der Waals surface area (Å²) in [5, 5.41) is 5.08. The molecule has 0 bridgehead atoms. The summed E-state index contributed by atoms with van der Waals surface area (Å²) in [6, 6.07) is 13.0. The summed E-state index contributed by atoms with van der Waals surface area (Å²) < 4.78 is 6.49. The zero-order chi connectivity index (χ0) is 17.6. The van der Waals surface area contributed by atoms with Crippen molar-refractivity contribution in [3.63, 3.8) is 0 Å².